The molecular weight excluding hydrogens is 203 g/mol. The van der Waals surface area contributed by atoms with Gasteiger partial charge < -0.3 is 5.73 Å². The average Bonchev–Trinajstić information content (AvgIpc) is 2.14. The van der Waals surface area contributed by atoms with Gasteiger partial charge in [0.05, 0.1) is 6.42 Å². The third-order valence-electron chi connectivity index (χ3n) is 2.14. The summed E-state index contributed by atoms with van der Waals surface area (Å²) < 4.78 is 35.9. The van der Waals surface area contributed by atoms with Crippen molar-refractivity contribution in [3.63, 3.8) is 0 Å². The molecule has 0 aliphatic rings. The third-order valence-corrected chi connectivity index (χ3v) is 2.14. The molecule has 1 nitrogen and oxygen atoms in total. The van der Waals surface area contributed by atoms with Crippen molar-refractivity contribution in [1.29, 1.82) is 0 Å². The molecule has 1 unspecified atom stereocenters. The summed E-state index contributed by atoms with van der Waals surface area (Å²) in [5.74, 6) is 0. The summed E-state index contributed by atoms with van der Waals surface area (Å²) in [6.07, 6.45) is -4.10. The number of benzene rings is 1. The molecule has 0 aliphatic heterocycles. The topological polar surface area (TPSA) is 26.0 Å². The van der Waals surface area contributed by atoms with Crippen LogP contribution in [0.15, 0.2) is 30.3 Å². The molecule has 0 saturated carbocycles. The number of hydrogen-bond acceptors (Lipinski definition) is 1. The molecule has 2 N–H and O–H groups in total. The van der Waals surface area contributed by atoms with Crippen LogP contribution < -0.4 is 5.73 Å². The van der Waals surface area contributed by atoms with Gasteiger partial charge in [-0.2, -0.15) is 13.2 Å². The van der Waals surface area contributed by atoms with Gasteiger partial charge in [-0.25, -0.2) is 0 Å². The average molecular weight is 217 g/mol. The molecule has 0 aliphatic carbocycles. The van der Waals surface area contributed by atoms with Crippen molar-refractivity contribution in [2.75, 3.05) is 0 Å². The summed E-state index contributed by atoms with van der Waals surface area (Å²) in [6, 6.07) is 8.58. The maximum absolute atomic E-state index is 12.0. The molecule has 0 spiro atoms. The Balaban J connectivity index is 2.32. The first-order chi connectivity index (χ1) is 6.97. The van der Waals surface area contributed by atoms with Crippen molar-refractivity contribution < 1.29 is 13.2 Å². The number of nitrogens with two attached hydrogens (primary N) is 1. The monoisotopic (exact) mass is 217 g/mol. The molecule has 1 aromatic rings. The fraction of sp³-hybridized carbons (Fsp3) is 0.455. The Hall–Kier alpha value is -1.03. The Morgan fingerprint density at radius 3 is 2.27 bits per heavy atom. The van der Waals surface area contributed by atoms with E-state index in [-0.39, 0.29) is 0 Å². The maximum atomic E-state index is 12.0. The van der Waals surface area contributed by atoms with E-state index in [1.165, 1.54) is 0 Å². The van der Waals surface area contributed by atoms with E-state index in [0.717, 1.165) is 5.56 Å². The highest BCUT2D eigenvalue weighted by atomic mass is 19.4. The van der Waals surface area contributed by atoms with Gasteiger partial charge in [-0.1, -0.05) is 30.3 Å². The van der Waals surface area contributed by atoms with Crippen molar-refractivity contribution >= 4 is 0 Å². The first kappa shape index (κ1) is 12.0. The lowest BCUT2D eigenvalue weighted by molar-refractivity contribution is -0.138. The van der Waals surface area contributed by atoms with Crippen LogP contribution in [0.1, 0.15) is 18.4 Å². The van der Waals surface area contributed by atoms with Crippen LogP contribution >= 0.6 is 0 Å². The van der Waals surface area contributed by atoms with Crippen molar-refractivity contribution in [2.45, 2.75) is 31.5 Å². The molecule has 15 heavy (non-hydrogen) atoms. The van der Waals surface area contributed by atoms with Gasteiger partial charge in [-0.3, -0.25) is 0 Å². The number of rotatable bonds is 4. The molecule has 0 radical (unpaired) electrons. The lowest BCUT2D eigenvalue weighted by Gasteiger charge is -2.13. The molecular formula is C11H14F3N. The molecule has 0 amide bonds. The number of alkyl halides is 3. The first-order valence-electron chi connectivity index (χ1n) is 4.83. The Kier molecular flexibility index (Phi) is 4.15. The zero-order chi connectivity index (χ0) is 11.3. The lowest BCUT2D eigenvalue weighted by atomic mass is 10.0. The van der Waals surface area contributed by atoms with Gasteiger partial charge in [0.15, 0.2) is 0 Å². The first-order valence-corrected chi connectivity index (χ1v) is 4.83. The standard InChI is InChI=1S/C11H14F3N/c12-11(13,14)8-10(15)7-6-9-4-2-1-3-5-9/h1-5,10H,6-8,15H2. The zero-order valence-corrected chi connectivity index (χ0v) is 8.30. The predicted octanol–water partition coefficient (Wildman–Crippen LogP) is 2.90. The van der Waals surface area contributed by atoms with Crippen molar-refractivity contribution in [2.24, 2.45) is 5.73 Å². The summed E-state index contributed by atoms with van der Waals surface area (Å²) in [4.78, 5) is 0. The molecule has 1 rings (SSSR count). The zero-order valence-electron chi connectivity index (χ0n) is 8.30. The minimum absolute atomic E-state index is 0.365. The van der Waals surface area contributed by atoms with Gasteiger partial charge in [0.2, 0.25) is 0 Å². The molecule has 84 valence electrons. The second-order valence-corrected chi connectivity index (χ2v) is 3.60. The highest BCUT2D eigenvalue weighted by molar-refractivity contribution is 5.14. The predicted molar refractivity (Wildman–Crippen MR) is 53.4 cm³/mol. The smallest absolute Gasteiger partial charge is 0.327 e. The molecule has 1 aromatic carbocycles. The van der Waals surface area contributed by atoms with Crippen LogP contribution in [0.4, 0.5) is 13.2 Å². The van der Waals surface area contributed by atoms with Crippen LogP contribution in [0.25, 0.3) is 0 Å². The van der Waals surface area contributed by atoms with E-state index in [1.807, 2.05) is 30.3 Å². The lowest BCUT2D eigenvalue weighted by Crippen LogP contribution is -2.28. The van der Waals surface area contributed by atoms with Crippen LogP contribution in [0, 0.1) is 0 Å². The second kappa shape index (κ2) is 5.16. The Labute approximate surface area is 87.1 Å². The van der Waals surface area contributed by atoms with Gasteiger partial charge >= 0.3 is 6.18 Å². The van der Waals surface area contributed by atoms with Gasteiger partial charge in [0.25, 0.3) is 0 Å². The summed E-state index contributed by atoms with van der Waals surface area (Å²) in [7, 11) is 0. The van der Waals surface area contributed by atoms with Gasteiger partial charge in [-0.15, -0.1) is 0 Å². The minimum atomic E-state index is -4.16. The van der Waals surface area contributed by atoms with E-state index >= 15 is 0 Å². The van der Waals surface area contributed by atoms with E-state index < -0.39 is 18.6 Å². The number of halogens is 3. The quantitative estimate of drug-likeness (QED) is 0.824. The largest absolute Gasteiger partial charge is 0.390 e. The Morgan fingerprint density at radius 1 is 1.13 bits per heavy atom. The molecule has 1 atom stereocenters. The SMILES string of the molecule is NC(CCc1ccccc1)CC(F)(F)F. The van der Waals surface area contributed by atoms with Crippen LogP contribution in [0.5, 0.6) is 0 Å². The number of aryl methyl sites for hydroxylation is 1. The fourth-order valence-corrected chi connectivity index (χ4v) is 1.40. The van der Waals surface area contributed by atoms with E-state index in [0.29, 0.717) is 12.8 Å². The maximum Gasteiger partial charge on any atom is 0.390 e. The highest BCUT2D eigenvalue weighted by Gasteiger charge is 2.29. The molecule has 0 fully saturated rings. The normalized spacial score (nSPS) is 13.9. The second-order valence-electron chi connectivity index (χ2n) is 3.60. The molecule has 0 saturated heterocycles. The van der Waals surface area contributed by atoms with Crippen LogP contribution in [-0.2, 0) is 6.42 Å². The van der Waals surface area contributed by atoms with Crippen LogP contribution in [0.2, 0.25) is 0 Å². The summed E-state index contributed by atoms with van der Waals surface area (Å²) in [5, 5.41) is 0. The van der Waals surface area contributed by atoms with Gasteiger partial charge in [0.1, 0.15) is 0 Å². The Morgan fingerprint density at radius 2 is 1.73 bits per heavy atom. The van der Waals surface area contributed by atoms with Gasteiger partial charge in [-0.05, 0) is 18.4 Å². The van der Waals surface area contributed by atoms with E-state index in [9.17, 15) is 13.2 Å². The summed E-state index contributed by atoms with van der Waals surface area (Å²) >= 11 is 0. The van der Waals surface area contributed by atoms with Crippen LogP contribution in [-0.4, -0.2) is 12.2 Å². The van der Waals surface area contributed by atoms with E-state index in [2.05, 4.69) is 0 Å². The molecule has 0 aromatic heterocycles. The van der Waals surface area contributed by atoms with Crippen molar-refractivity contribution in [3.8, 4) is 0 Å². The Bertz CT molecular complexity index is 282. The van der Waals surface area contributed by atoms with E-state index in [4.69, 9.17) is 5.73 Å². The van der Waals surface area contributed by atoms with Crippen LogP contribution in [0.3, 0.4) is 0 Å². The van der Waals surface area contributed by atoms with Crippen molar-refractivity contribution in [1.82, 2.24) is 0 Å². The molecule has 0 heterocycles. The van der Waals surface area contributed by atoms with Crippen molar-refractivity contribution in [3.05, 3.63) is 35.9 Å². The highest BCUT2D eigenvalue weighted by Crippen LogP contribution is 2.22. The van der Waals surface area contributed by atoms with Gasteiger partial charge in [0, 0.05) is 6.04 Å². The summed E-state index contributed by atoms with van der Waals surface area (Å²) in [6.45, 7) is 0. The van der Waals surface area contributed by atoms with E-state index in [1.54, 1.807) is 0 Å². The molecule has 0 bridgehead atoms. The summed E-state index contributed by atoms with van der Waals surface area (Å²) in [5.41, 5.74) is 6.41. The molecule has 4 heteroatoms. The minimum Gasteiger partial charge on any atom is -0.327 e. The third kappa shape index (κ3) is 5.42. The fourth-order valence-electron chi connectivity index (χ4n) is 1.40. The number of hydrogen-bond donors (Lipinski definition) is 1.